The number of hydrogen-bond donors (Lipinski definition) is 0. The zero-order valence-corrected chi connectivity index (χ0v) is 8.41. The average Bonchev–Trinajstić information content (AvgIpc) is 2.65. The van der Waals surface area contributed by atoms with Crippen LogP contribution in [0.5, 0.6) is 0 Å². The van der Waals surface area contributed by atoms with Crippen molar-refractivity contribution in [1.29, 1.82) is 0 Å². The standard InChI is InChI=1S/C10H8N2OS/c1-7-2-3-9(14-7)10(13)8-6-11-4-5-12-8/h2-6H,1H3. The Morgan fingerprint density at radius 1 is 1.36 bits per heavy atom. The SMILES string of the molecule is Cc1ccc(C(=O)c2cnccn2)s1. The van der Waals surface area contributed by atoms with Crippen LogP contribution in [0.3, 0.4) is 0 Å². The number of carbonyl (C=O) groups excluding carboxylic acids is 1. The summed E-state index contributed by atoms with van der Waals surface area (Å²) in [6, 6.07) is 3.74. The van der Waals surface area contributed by atoms with Gasteiger partial charge in [0.1, 0.15) is 5.69 Å². The van der Waals surface area contributed by atoms with E-state index in [4.69, 9.17) is 0 Å². The second-order valence-corrected chi connectivity index (χ2v) is 4.12. The molecule has 0 spiro atoms. The highest BCUT2D eigenvalue weighted by Gasteiger charge is 2.11. The van der Waals surface area contributed by atoms with Crippen molar-refractivity contribution in [2.24, 2.45) is 0 Å². The summed E-state index contributed by atoms with van der Waals surface area (Å²) < 4.78 is 0. The van der Waals surface area contributed by atoms with Crippen LogP contribution in [-0.2, 0) is 0 Å². The lowest BCUT2D eigenvalue weighted by Crippen LogP contribution is -2.01. The first-order chi connectivity index (χ1) is 6.77. The molecule has 0 bridgehead atoms. The Labute approximate surface area is 85.5 Å². The van der Waals surface area contributed by atoms with Crippen LogP contribution in [0, 0.1) is 6.92 Å². The van der Waals surface area contributed by atoms with Crippen molar-refractivity contribution in [3.05, 3.63) is 46.2 Å². The highest BCUT2D eigenvalue weighted by Crippen LogP contribution is 2.17. The first kappa shape index (κ1) is 9.02. The molecule has 0 atom stereocenters. The van der Waals surface area contributed by atoms with Gasteiger partial charge >= 0.3 is 0 Å². The van der Waals surface area contributed by atoms with Gasteiger partial charge in [-0.1, -0.05) is 0 Å². The maximum atomic E-state index is 11.8. The quantitative estimate of drug-likeness (QED) is 0.703. The maximum absolute atomic E-state index is 11.8. The minimum atomic E-state index is -0.0591. The molecule has 2 aromatic rings. The number of thiophene rings is 1. The summed E-state index contributed by atoms with van der Waals surface area (Å²) in [5, 5.41) is 0. The van der Waals surface area contributed by atoms with Crippen LogP contribution >= 0.6 is 11.3 Å². The van der Waals surface area contributed by atoms with Gasteiger partial charge in [0.05, 0.1) is 11.1 Å². The lowest BCUT2D eigenvalue weighted by molar-refractivity contribution is 0.103. The largest absolute Gasteiger partial charge is 0.286 e. The Kier molecular flexibility index (Phi) is 2.37. The molecule has 0 saturated heterocycles. The van der Waals surface area contributed by atoms with Gasteiger partial charge in [-0.15, -0.1) is 11.3 Å². The molecule has 0 aromatic carbocycles. The molecule has 0 N–H and O–H groups in total. The van der Waals surface area contributed by atoms with Gasteiger partial charge in [-0.25, -0.2) is 4.98 Å². The van der Waals surface area contributed by atoms with Crippen molar-refractivity contribution >= 4 is 17.1 Å². The molecule has 2 rings (SSSR count). The van der Waals surface area contributed by atoms with Gasteiger partial charge in [0.2, 0.25) is 5.78 Å². The van der Waals surface area contributed by atoms with Crippen LogP contribution in [-0.4, -0.2) is 15.8 Å². The van der Waals surface area contributed by atoms with Gasteiger partial charge in [-0.05, 0) is 19.1 Å². The molecule has 3 nitrogen and oxygen atoms in total. The summed E-state index contributed by atoms with van der Waals surface area (Å²) in [4.78, 5) is 21.4. The number of ketones is 1. The number of nitrogens with zero attached hydrogens (tertiary/aromatic N) is 2. The van der Waals surface area contributed by atoms with Crippen molar-refractivity contribution < 1.29 is 4.79 Å². The minimum Gasteiger partial charge on any atom is -0.286 e. The zero-order valence-electron chi connectivity index (χ0n) is 7.60. The minimum absolute atomic E-state index is 0.0591. The molecule has 2 aromatic heterocycles. The molecule has 0 aliphatic rings. The highest BCUT2D eigenvalue weighted by molar-refractivity contribution is 7.14. The summed E-state index contributed by atoms with van der Waals surface area (Å²) in [6.45, 7) is 1.97. The van der Waals surface area contributed by atoms with Crippen LogP contribution in [0.2, 0.25) is 0 Å². The molecule has 70 valence electrons. The predicted octanol–water partition coefficient (Wildman–Crippen LogP) is 2.08. The van der Waals surface area contributed by atoms with Crippen molar-refractivity contribution in [1.82, 2.24) is 9.97 Å². The Balaban J connectivity index is 2.34. The van der Waals surface area contributed by atoms with Gasteiger partial charge in [0.25, 0.3) is 0 Å². The van der Waals surface area contributed by atoms with E-state index in [1.54, 1.807) is 6.20 Å². The van der Waals surface area contributed by atoms with Gasteiger partial charge < -0.3 is 0 Å². The summed E-state index contributed by atoms with van der Waals surface area (Å²) in [5.41, 5.74) is 0.398. The third-order valence-electron chi connectivity index (χ3n) is 1.76. The Morgan fingerprint density at radius 3 is 2.79 bits per heavy atom. The third-order valence-corrected chi connectivity index (χ3v) is 2.76. The van der Waals surface area contributed by atoms with Gasteiger partial charge in [-0.2, -0.15) is 0 Å². The number of carbonyl (C=O) groups is 1. The molecule has 4 heteroatoms. The summed E-state index contributed by atoms with van der Waals surface area (Å²) in [5.74, 6) is -0.0591. The summed E-state index contributed by atoms with van der Waals surface area (Å²) in [6.07, 6.45) is 4.56. The highest BCUT2D eigenvalue weighted by atomic mass is 32.1. The van der Waals surface area contributed by atoms with E-state index in [1.165, 1.54) is 23.7 Å². The van der Waals surface area contributed by atoms with E-state index in [2.05, 4.69) is 9.97 Å². The smallest absolute Gasteiger partial charge is 0.222 e. The fourth-order valence-electron chi connectivity index (χ4n) is 1.10. The van der Waals surface area contributed by atoms with Crippen LogP contribution in [0.15, 0.2) is 30.7 Å². The van der Waals surface area contributed by atoms with Crippen LogP contribution in [0.25, 0.3) is 0 Å². The molecule has 2 heterocycles. The second kappa shape index (κ2) is 3.67. The van der Waals surface area contributed by atoms with E-state index < -0.39 is 0 Å². The molecular weight excluding hydrogens is 196 g/mol. The summed E-state index contributed by atoms with van der Waals surface area (Å²) in [7, 11) is 0. The maximum Gasteiger partial charge on any atom is 0.222 e. The topological polar surface area (TPSA) is 42.9 Å². The average molecular weight is 204 g/mol. The second-order valence-electron chi connectivity index (χ2n) is 2.83. The Morgan fingerprint density at radius 2 is 2.21 bits per heavy atom. The molecule has 0 saturated carbocycles. The molecule has 0 aliphatic heterocycles. The Hall–Kier alpha value is -1.55. The lowest BCUT2D eigenvalue weighted by atomic mass is 10.2. The molecular formula is C10H8N2OS. The van der Waals surface area contributed by atoms with Crippen LogP contribution in [0.4, 0.5) is 0 Å². The summed E-state index contributed by atoms with van der Waals surface area (Å²) >= 11 is 1.47. The number of rotatable bonds is 2. The van der Waals surface area contributed by atoms with E-state index in [-0.39, 0.29) is 5.78 Å². The van der Waals surface area contributed by atoms with E-state index in [1.807, 2.05) is 19.1 Å². The molecule has 0 fully saturated rings. The number of aryl methyl sites for hydroxylation is 1. The van der Waals surface area contributed by atoms with E-state index >= 15 is 0 Å². The first-order valence-electron chi connectivity index (χ1n) is 4.14. The van der Waals surface area contributed by atoms with E-state index in [0.29, 0.717) is 10.6 Å². The third kappa shape index (κ3) is 1.70. The van der Waals surface area contributed by atoms with Crippen LogP contribution < -0.4 is 0 Å². The van der Waals surface area contributed by atoms with E-state index in [9.17, 15) is 4.79 Å². The predicted molar refractivity (Wildman–Crippen MR) is 54.5 cm³/mol. The van der Waals surface area contributed by atoms with Gasteiger partial charge in [0, 0.05) is 17.3 Å². The zero-order chi connectivity index (χ0) is 9.97. The van der Waals surface area contributed by atoms with E-state index in [0.717, 1.165) is 4.88 Å². The first-order valence-corrected chi connectivity index (χ1v) is 4.96. The molecule has 0 amide bonds. The normalized spacial score (nSPS) is 10.1. The van der Waals surface area contributed by atoms with Crippen LogP contribution in [0.1, 0.15) is 20.2 Å². The van der Waals surface area contributed by atoms with Gasteiger partial charge in [0.15, 0.2) is 0 Å². The van der Waals surface area contributed by atoms with Crippen molar-refractivity contribution in [3.8, 4) is 0 Å². The van der Waals surface area contributed by atoms with Crippen molar-refractivity contribution in [2.45, 2.75) is 6.92 Å². The van der Waals surface area contributed by atoms with Crippen molar-refractivity contribution in [3.63, 3.8) is 0 Å². The fraction of sp³-hybridized carbons (Fsp3) is 0.100. The Bertz CT molecular complexity index is 450. The van der Waals surface area contributed by atoms with Gasteiger partial charge in [-0.3, -0.25) is 9.78 Å². The molecule has 0 unspecified atom stereocenters. The number of hydrogen-bond acceptors (Lipinski definition) is 4. The van der Waals surface area contributed by atoms with Crippen molar-refractivity contribution in [2.75, 3.05) is 0 Å². The number of aromatic nitrogens is 2. The monoisotopic (exact) mass is 204 g/mol. The lowest BCUT2D eigenvalue weighted by Gasteiger charge is -1.94. The molecule has 0 radical (unpaired) electrons. The fourth-order valence-corrected chi connectivity index (χ4v) is 1.92. The molecule has 0 aliphatic carbocycles. The molecule has 14 heavy (non-hydrogen) atoms.